The molecule has 1 aromatic rings. The maximum Gasteiger partial charge on any atom is 0.380 e. The summed E-state index contributed by atoms with van der Waals surface area (Å²) in [4.78, 5) is 0. The van der Waals surface area contributed by atoms with Crippen molar-refractivity contribution in [2.75, 3.05) is 31.7 Å². The Kier molecular flexibility index (Phi) is 16.1. The molecule has 4 nitrogen and oxygen atoms in total. The van der Waals surface area contributed by atoms with Crippen LogP contribution in [-0.2, 0) is 25.0 Å². The van der Waals surface area contributed by atoms with E-state index < -0.39 is 7.26 Å². The normalized spacial score (nSPS) is 23.9. The van der Waals surface area contributed by atoms with Crippen molar-refractivity contribution in [1.29, 1.82) is 0 Å². The van der Waals surface area contributed by atoms with E-state index in [1.165, 1.54) is 79.9 Å². The Hall–Kier alpha value is 0.0749. The summed E-state index contributed by atoms with van der Waals surface area (Å²) in [5.74, 6) is -0.129. The largest absolute Gasteiger partial charge is 0.422 e. The van der Waals surface area contributed by atoms with Crippen LogP contribution in [0.5, 0.6) is 0 Å². The van der Waals surface area contributed by atoms with Crippen molar-refractivity contribution in [2.45, 2.75) is 122 Å². The zero-order valence-electron chi connectivity index (χ0n) is 25.5. The Balaban J connectivity index is 1.63. The molecule has 2 fully saturated rings. The number of ether oxygens (including phenoxy) is 3. The van der Waals surface area contributed by atoms with E-state index in [0.29, 0.717) is 6.61 Å². The quantitative estimate of drug-likeness (QED) is 0.0780. The van der Waals surface area contributed by atoms with Crippen molar-refractivity contribution in [3.63, 3.8) is 0 Å². The topological polar surface area (TPSA) is 36.9 Å². The second kappa shape index (κ2) is 18.7. The predicted octanol–water partition coefficient (Wildman–Crippen LogP) is 9.10. The van der Waals surface area contributed by atoms with Crippen molar-refractivity contribution >= 4 is 34.8 Å². The summed E-state index contributed by atoms with van der Waals surface area (Å²) in [6.45, 7) is 12.7. The van der Waals surface area contributed by atoms with Crippen LogP contribution in [0, 0.1) is 0 Å². The molecule has 0 aromatic heterocycles. The fourth-order valence-electron chi connectivity index (χ4n) is 6.23. The van der Waals surface area contributed by atoms with Crippen molar-refractivity contribution in [2.24, 2.45) is 0 Å². The van der Waals surface area contributed by atoms with Gasteiger partial charge >= 0.3 is 5.91 Å². The standard InChI is InChI=1S/C32H56BO4P2S/c1-5-8-18-39(19-9-6-2,20-10-7-3)25-27-12-11-13-28(23-27)32-34-16-14-30(37-32)24-31-22-26(4)21-29(36-31)15-17-35-33(38)40/h11-13,23,29-32,40H,4-10,14-22,24-25,38H2,1-3H3/q+1/t29-,30-,31+,32-/m0/s1. The Morgan fingerprint density at radius 2 is 1.68 bits per heavy atom. The first kappa shape index (κ1) is 34.6. The highest BCUT2D eigenvalue weighted by Crippen LogP contribution is 2.63. The zero-order chi connectivity index (χ0) is 28.8. The Morgan fingerprint density at radius 3 is 2.33 bits per heavy atom. The van der Waals surface area contributed by atoms with Crippen LogP contribution in [0.15, 0.2) is 36.4 Å². The van der Waals surface area contributed by atoms with Gasteiger partial charge in [-0.2, -0.15) is 12.5 Å². The molecule has 1 unspecified atom stereocenters. The number of hydrogen-bond acceptors (Lipinski definition) is 5. The van der Waals surface area contributed by atoms with E-state index in [1.807, 2.05) is 0 Å². The molecule has 0 saturated carbocycles. The van der Waals surface area contributed by atoms with E-state index in [0.717, 1.165) is 38.7 Å². The van der Waals surface area contributed by atoms with Gasteiger partial charge in [0, 0.05) is 25.9 Å². The molecule has 40 heavy (non-hydrogen) atoms. The number of thiol groups is 1. The van der Waals surface area contributed by atoms with Crippen LogP contribution < -0.4 is 0 Å². The molecule has 8 heteroatoms. The lowest BCUT2D eigenvalue weighted by Crippen LogP contribution is -2.35. The molecule has 2 heterocycles. The molecule has 2 aliphatic heterocycles. The van der Waals surface area contributed by atoms with E-state index in [4.69, 9.17) is 18.9 Å². The van der Waals surface area contributed by atoms with E-state index in [9.17, 15) is 0 Å². The SMILES string of the molecule is C=C1C[C@H](C[C@@H]2CCO[C@H](c3cccc(C[P+](CCCC)(CCCC)CCCC)c3)O2)O[C@@H](CCOB(P)S)C1. The van der Waals surface area contributed by atoms with Gasteiger partial charge in [0.1, 0.15) is 0 Å². The second-order valence-corrected chi connectivity index (χ2v) is 18.1. The highest BCUT2D eigenvalue weighted by atomic mass is 32.1. The second-order valence-electron chi connectivity index (χ2n) is 12.0. The molecule has 0 bridgehead atoms. The summed E-state index contributed by atoms with van der Waals surface area (Å²) in [5.41, 5.74) is 3.92. The average molecular weight is 610 g/mol. The van der Waals surface area contributed by atoms with Gasteiger partial charge in [-0.05, 0) is 56.6 Å². The summed E-state index contributed by atoms with van der Waals surface area (Å²) in [6.07, 6.45) is 18.2. The van der Waals surface area contributed by atoms with E-state index in [2.05, 4.69) is 73.2 Å². The predicted molar refractivity (Wildman–Crippen MR) is 181 cm³/mol. The maximum absolute atomic E-state index is 6.58. The molecule has 0 spiro atoms. The average Bonchev–Trinajstić information content (AvgIpc) is 2.93. The molecule has 2 saturated heterocycles. The first-order valence-electron chi connectivity index (χ1n) is 15.9. The Labute approximate surface area is 254 Å². The number of hydrogen-bond donors (Lipinski definition) is 1. The van der Waals surface area contributed by atoms with Crippen molar-refractivity contribution in [3.8, 4) is 0 Å². The van der Waals surface area contributed by atoms with E-state index in [-0.39, 0.29) is 30.5 Å². The van der Waals surface area contributed by atoms with Gasteiger partial charge in [-0.3, -0.25) is 0 Å². The molecule has 0 aliphatic carbocycles. The maximum atomic E-state index is 6.58. The van der Waals surface area contributed by atoms with Crippen LogP contribution in [0.4, 0.5) is 0 Å². The lowest BCUT2D eigenvalue weighted by Gasteiger charge is -2.36. The number of unbranched alkanes of at least 4 members (excludes halogenated alkanes) is 3. The minimum absolute atomic E-state index is 0.129. The molecule has 0 radical (unpaired) electrons. The Bertz CT molecular complexity index is 851. The van der Waals surface area contributed by atoms with Crippen molar-refractivity contribution < 1.29 is 18.9 Å². The monoisotopic (exact) mass is 609 g/mol. The summed E-state index contributed by atoms with van der Waals surface area (Å²) in [6, 6.07) is 9.15. The van der Waals surface area contributed by atoms with E-state index in [1.54, 1.807) is 0 Å². The molecule has 5 atom stereocenters. The molecule has 3 rings (SSSR count). The van der Waals surface area contributed by atoms with Gasteiger partial charge in [-0.25, -0.2) is 0 Å². The lowest BCUT2D eigenvalue weighted by molar-refractivity contribution is -0.225. The van der Waals surface area contributed by atoms with Gasteiger partial charge in [-0.1, -0.05) is 70.4 Å². The minimum atomic E-state index is -1.01. The minimum Gasteiger partial charge on any atom is -0.422 e. The highest BCUT2D eigenvalue weighted by Gasteiger charge is 2.36. The van der Waals surface area contributed by atoms with Crippen LogP contribution in [0.1, 0.15) is 109 Å². The molecule has 0 amide bonds. The first-order chi connectivity index (χ1) is 19.4. The first-order valence-corrected chi connectivity index (χ1v) is 19.7. The summed E-state index contributed by atoms with van der Waals surface area (Å²) >= 11 is 4.28. The fraction of sp³-hybridized carbons (Fsp3) is 0.750. The van der Waals surface area contributed by atoms with Gasteiger partial charge in [0.25, 0.3) is 0 Å². The third-order valence-corrected chi connectivity index (χ3v) is 13.6. The smallest absolute Gasteiger partial charge is 0.380 e. The van der Waals surface area contributed by atoms with Crippen LogP contribution in [0.25, 0.3) is 0 Å². The molecule has 226 valence electrons. The third-order valence-electron chi connectivity index (χ3n) is 8.40. The summed E-state index contributed by atoms with van der Waals surface area (Å²) < 4.78 is 24.8. The zero-order valence-corrected chi connectivity index (χ0v) is 28.5. The van der Waals surface area contributed by atoms with Gasteiger partial charge in [0.05, 0.1) is 49.6 Å². The third kappa shape index (κ3) is 12.0. The molecular formula is C32H56BO4P2S+. The summed E-state index contributed by atoms with van der Waals surface area (Å²) in [5, 5.41) is 0. The van der Waals surface area contributed by atoms with Crippen LogP contribution >= 0.6 is 28.9 Å². The molecule has 2 aliphatic rings. The molecular weight excluding hydrogens is 553 g/mol. The molecule has 0 N–H and O–H groups in total. The van der Waals surface area contributed by atoms with Gasteiger partial charge in [0.15, 0.2) is 6.29 Å². The molecule has 1 aromatic carbocycles. The van der Waals surface area contributed by atoms with Gasteiger partial charge in [-0.15, -0.1) is 9.12 Å². The fourth-order valence-corrected chi connectivity index (χ4v) is 11.6. The highest BCUT2D eigenvalue weighted by molar-refractivity contribution is 8.23. The van der Waals surface area contributed by atoms with Gasteiger partial charge in [0.2, 0.25) is 0 Å². The van der Waals surface area contributed by atoms with Crippen LogP contribution in [0.3, 0.4) is 0 Å². The van der Waals surface area contributed by atoms with Gasteiger partial charge < -0.3 is 18.9 Å². The van der Waals surface area contributed by atoms with Crippen molar-refractivity contribution in [1.82, 2.24) is 0 Å². The summed E-state index contributed by atoms with van der Waals surface area (Å²) in [7, 11) is 1.55. The number of benzene rings is 1. The van der Waals surface area contributed by atoms with Crippen molar-refractivity contribution in [3.05, 3.63) is 47.5 Å². The van der Waals surface area contributed by atoms with E-state index >= 15 is 0 Å². The number of rotatable bonds is 18. The Morgan fingerprint density at radius 1 is 1.00 bits per heavy atom. The van der Waals surface area contributed by atoms with Crippen LogP contribution in [-0.4, -0.2) is 55.9 Å². The lowest BCUT2D eigenvalue weighted by atomic mass is 9.94. The van der Waals surface area contributed by atoms with Crippen LogP contribution in [0.2, 0.25) is 0 Å².